The molecule has 16 nitrogen and oxygen atoms in total. The van der Waals surface area contributed by atoms with Crippen LogP contribution in [0.5, 0.6) is 0 Å². The number of aliphatic hydroxyl groups is 1. The number of halogens is 1. The predicted octanol–water partition coefficient (Wildman–Crippen LogP) is 4.37. The second-order valence-electron chi connectivity index (χ2n) is 17.2. The summed E-state index contributed by atoms with van der Waals surface area (Å²) in [6.07, 6.45) is 12.4. The molecule has 1 aromatic heterocycles. The van der Waals surface area contributed by atoms with E-state index in [2.05, 4.69) is 10.00 Å². The Morgan fingerprint density at radius 2 is 1.60 bits per heavy atom. The lowest BCUT2D eigenvalue weighted by molar-refractivity contribution is -0.151. The lowest BCUT2D eigenvalue weighted by atomic mass is 9.91. The van der Waals surface area contributed by atoms with Crippen LogP contribution in [0.25, 0.3) is 6.08 Å². The molecular formula is C45H62FN7O9S. The van der Waals surface area contributed by atoms with Gasteiger partial charge in [-0.1, -0.05) is 38.8 Å². The van der Waals surface area contributed by atoms with Gasteiger partial charge in [0.1, 0.15) is 22.9 Å². The van der Waals surface area contributed by atoms with Crippen LogP contribution in [0.3, 0.4) is 0 Å². The van der Waals surface area contributed by atoms with Gasteiger partial charge in [0.05, 0.1) is 18.7 Å². The van der Waals surface area contributed by atoms with Gasteiger partial charge in [-0.3, -0.25) is 28.9 Å². The number of nitrogens with zero attached hydrogens (tertiary/aromatic N) is 7. The lowest BCUT2D eigenvalue weighted by Gasteiger charge is -2.35. The first-order valence-electron chi connectivity index (χ1n) is 22.1. The third kappa shape index (κ3) is 12.9. The Morgan fingerprint density at radius 3 is 2.27 bits per heavy atom. The summed E-state index contributed by atoms with van der Waals surface area (Å²) >= 11 is 0. The second kappa shape index (κ2) is 21.6. The van der Waals surface area contributed by atoms with Crippen LogP contribution in [-0.2, 0) is 40.9 Å². The number of sulfonamides is 1. The van der Waals surface area contributed by atoms with Crippen molar-refractivity contribution in [2.24, 2.45) is 18.9 Å². The number of rotatable bonds is 13. The number of piperazine rings is 2. The van der Waals surface area contributed by atoms with E-state index >= 15 is 4.39 Å². The number of esters is 1. The number of aryl methyl sites for hydroxylation is 1. The van der Waals surface area contributed by atoms with Crippen LogP contribution in [0.2, 0.25) is 0 Å². The van der Waals surface area contributed by atoms with Gasteiger partial charge in [0.15, 0.2) is 0 Å². The van der Waals surface area contributed by atoms with E-state index in [0.29, 0.717) is 62.4 Å². The maximum absolute atomic E-state index is 15.2. The Balaban J connectivity index is 1.04. The second-order valence-corrected chi connectivity index (χ2v) is 19.1. The highest BCUT2D eigenvalue weighted by Crippen LogP contribution is 2.28. The van der Waals surface area contributed by atoms with E-state index in [9.17, 15) is 32.7 Å². The number of cyclic esters (lactones) is 1. The largest absolute Gasteiger partial charge is 0.457 e. The van der Waals surface area contributed by atoms with E-state index in [0.717, 1.165) is 45.3 Å². The van der Waals surface area contributed by atoms with Gasteiger partial charge in [-0.2, -0.15) is 9.40 Å². The van der Waals surface area contributed by atoms with Crippen molar-refractivity contribution in [2.45, 2.75) is 88.9 Å². The molecule has 0 unspecified atom stereocenters. The molecule has 0 radical (unpaired) electrons. The summed E-state index contributed by atoms with van der Waals surface area (Å²) in [6, 6.07) is 4.63. The van der Waals surface area contributed by atoms with Gasteiger partial charge >= 0.3 is 12.1 Å². The molecule has 63 heavy (non-hydrogen) atoms. The first-order chi connectivity index (χ1) is 30.1. The van der Waals surface area contributed by atoms with E-state index in [1.165, 1.54) is 50.6 Å². The molecule has 0 saturated carbocycles. The van der Waals surface area contributed by atoms with Gasteiger partial charge in [-0.05, 0) is 80.5 Å². The molecule has 6 rings (SSSR count). The van der Waals surface area contributed by atoms with Crippen LogP contribution >= 0.6 is 0 Å². The van der Waals surface area contributed by atoms with Crippen LogP contribution in [-0.4, -0.2) is 150 Å². The molecule has 4 aliphatic heterocycles. The Kier molecular flexibility index (Phi) is 16.3. The number of hydrogen-bond acceptors (Lipinski definition) is 12. The molecule has 2 aromatic rings. The zero-order valence-electron chi connectivity index (χ0n) is 36.8. The standard InChI is InChI=1S/C45H62FN7O9S/c1-32-9-11-38(54)29-43(57)62-44(34(3)25-35-26-36(46)28-37(27-35)50-21-23-52(24-22-50)63(59,60)39-30-47-48(4)31-39)33(2)10-12-40(32)61-45(58)51-19-17-49(18-20-51)15-7-5-6-8-16-53-41(55)13-14-42(53)56/h10,12-14,25-28,30-33,38,40,44,54H,5-9,11,15-24,29H2,1-4H3/b12-10-,34-25+/t32-,33-,38+,40-,44-/m0/s1. The van der Waals surface area contributed by atoms with Gasteiger partial charge in [0, 0.05) is 95.9 Å². The molecule has 1 N–H and O–H groups in total. The van der Waals surface area contributed by atoms with Crippen LogP contribution in [0.15, 0.2) is 65.4 Å². The Hall–Kier alpha value is -4.91. The molecule has 344 valence electrons. The minimum Gasteiger partial charge on any atom is -0.457 e. The fraction of sp³-hybridized carbons (Fsp3) is 0.578. The van der Waals surface area contributed by atoms with Gasteiger partial charge in [0.25, 0.3) is 11.8 Å². The topological polar surface area (TPSA) is 175 Å². The number of unbranched alkanes of at least 4 members (excludes halogenated alkanes) is 3. The van der Waals surface area contributed by atoms with Gasteiger partial charge in [-0.15, -0.1) is 0 Å². The number of benzene rings is 1. The van der Waals surface area contributed by atoms with Crippen LogP contribution < -0.4 is 4.90 Å². The smallest absolute Gasteiger partial charge is 0.410 e. The molecule has 2 fully saturated rings. The molecule has 4 aliphatic rings. The third-order valence-corrected chi connectivity index (χ3v) is 14.2. The van der Waals surface area contributed by atoms with E-state index in [1.54, 1.807) is 24.9 Å². The number of aromatic nitrogens is 2. The maximum atomic E-state index is 15.2. The summed E-state index contributed by atoms with van der Waals surface area (Å²) < 4.78 is 56.4. The highest BCUT2D eigenvalue weighted by atomic mass is 32.2. The monoisotopic (exact) mass is 895 g/mol. The van der Waals surface area contributed by atoms with Gasteiger partial charge in [0.2, 0.25) is 10.0 Å². The van der Waals surface area contributed by atoms with Crippen molar-refractivity contribution in [2.75, 3.05) is 70.3 Å². The van der Waals surface area contributed by atoms with Crippen LogP contribution in [0, 0.1) is 17.7 Å². The number of carbonyl (C=O) groups is 4. The van der Waals surface area contributed by atoms with Crippen molar-refractivity contribution in [1.82, 2.24) is 28.8 Å². The minimum atomic E-state index is -3.71. The van der Waals surface area contributed by atoms with Gasteiger partial charge in [-0.25, -0.2) is 17.6 Å². The SMILES string of the molecule is C/C(=C\c1cc(F)cc(N2CCN(S(=O)(=O)c3cnn(C)c3)CC2)c1)[C@H]1OC(=O)C[C@H](O)CC[C@H](C)[C@@H](OC(=O)N2CCN(CCCCCCN3C(=O)C=CC3=O)CC2)/C=C\[C@@H]1C. The Labute approximate surface area is 370 Å². The number of anilines is 1. The third-order valence-electron chi connectivity index (χ3n) is 12.3. The zero-order chi connectivity index (χ0) is 45.3. The summed E-state index contributed by atoms with van der Waals surface area (Å²) in [5.74, 6) is -2.05. The summed E-state index contributed by atoms with van der Waals surface area (Å²) in [6.45, 7) is 10.6. The highest BCUT2D eigenvalue weighted by molar-refractivity contribution is 7.89. The maximum Gasteiger partial charge on any atom is 0.410 e. The molecular weight excluding hydrogens is 834 g/mol. The first kappa shape index (κ1) is 47.6. The minimum absolute atomic E-state index is 0.124. The summed E-state index contributed by atoms with van der Waals surface area (Å²) in [4.78, 5) is 57.5. The fourth-order valence-electron chi connectivity index (χ4n) is 8.48. The lowest BCUT2D eigenvalue weighted by Crippen LogP contribution is -2.49. The molecule has 5 heterocycles. The molecule has 0 bridgehead atoms. The number of hydrogen-bond donors (Lipinski definition) is 1. The molecule has 18 heteroatoms. The van der Waals surface area contributed by atoms with Gasteiger partial charge < -0.3 is 24.4 Å². The van der Waals surface area contributed by atoms with Crippen molar-refractivity contribution in [3.8, 4) is 0 Å². The molecule has 2 saturated heterocycles. The van der Waals surface area contributed by atoms with E-state index in [4.69, 9.17) is 9.47 Å². The molecule has 1 aromatic carbocycles. The molecule has 3 amide bonds. The van der Waals surface area contributed by atoms with Crippen molar-refractivity contribution in [3.63, 3.8) is 0 Å². The highest BCUT2D eigenvalue weighted by Gasteiger charge is 2.32. The average Bonchev–Trinajstić information content (AvgIpc) is 3.84. The normalized spacial score (nSPS) is 25.5. The average molecular weight is 896 g/mol. The Bertz CT molecular complexity index is 2130. The number of ether oxygens (including phenoxy) is 2. The predicted molar refractivity (Wildman–Crippen MR) is 234 cm³/mol. The summed E-state index contributed by atoms with van der Waals surface area (Å²) in [5.41, 5.74) is 1.77. The zero-order valence-corrected chi connectivity index (χ0v) is 37.6. The van der Waals surface area contributed by atoms with E-state index in [1.807, 2.05) is 37.0 Å². The van der Waals surface area contributed by atoms with Crippen molar-refractivity contribution in [1.29, 1.82) is 0 Å². The first-order valence-corrected chi connectivity index (χ1v) is 23.5. The number of aliphatic hydroxyl groups excluding tert-OH is 1. The Morgan fingerprint density at radius 1 is 0.921 bits per heavy atom. The molecule has 5 atom stereocenters. The van der Waals surface area contributed by atoms with Crippen molar-refractivity contribution < 1.29 is 46.6 Å². The van der Waals surface area contributed by atoms with E-state index < -0.39 is 46.2 Å². The summed E-state index contributed by atoms with van der Waals surface area (Å²) in [5, 5.41) is 14.8. The molecule has 0 aliphatic carbocycles. The van der Waals surface area contributed by atoms with Crippen molar-refractivity contribution in [3.05, 3.63) is 71.9 Å². The summed E-state index contributed by atoms with van der Waals surface area (Å²) in [7, 11) is -2.06. The number of imide groups is 1. The fourth-order valence-corrected chi connectivity index (χ4v) is 9.89. The van der Waals surface area contributed by atoms with Crippen LogP contribution in [0.4, 0.5) is 14.9 Å². The molecule has 0 spiro atoms. The van der Waals surface area contributed by atoms with E-state index in [-0.39, 0.29) is 48.1 Å². The van der Waals surface area contributed by atoms with Crippen molar-refractivity contribution >= 4 is 45.7 Å². The van der Waals surface area contributed by atoms with Crippen LogP contribution in [0.1, 0.15) is 71.3 Å². The quantitative estimate of drug-likeness (QED) is 0.130. The number of carbonyl (C=O) groups excluding carboxylic acids is 4. The number of amides is 3.